The van der Waals surface area contributed by atoms with Crippen LogP contribution in [0.5, 0.6) is 0 Å². The highest BCUT2D eigenvalue weighted by molar-refractivity contribution is 5.74. The number of carbonyl (C=O) groups is 2. The number of carbonyl (C=O) groups excluding carboxylic acids is 2. The van der Waals surface area contributed by atoms with Crippen LogP contribution in [0.25, 0.3) is 0 Å². The Morgan fingerprint density at radius 2 is 1.96 bits per heavy atom. The van der Waals surface area contributed by atoms with Gasteiger partial charge in [-0.2, -0.15) is 0 Å². The van der Waals surface area contributed by atoms with Crippen molar-refractivity contribution in [3.8, 4) is 0 Å². The molecule has 1 aromatic rings. The maximum atomic E-state index is 11.9. The number of nitrogens with zero attached hydrogens (tertiary/aromatic N) is 1. The van der Waals surface area contributed by atoms with Crippen molar-refractivity contribution >= 4 is 12.0 Å². The Morgan fingerprint density at radius 3 is 2.54 bits per heavy atom. The molecule has 0 aromatic heterocycles. The van der Waals surface area contributed by atoms with Gasteiger partial charge in [0.2, 0.25) is 5.91 Å². The van der Waals surface area contributed by atoms with Crippen LogP contribution in [-0.2, 0) is 16.1 Å². The first-order chi connectivity index (χ1) is 11.6. The molecule has 1 fully saturated rings. The van der Waals surface area contributed by atoms with E-state index in [0.29, 0.717) is 12.6 Å². The number of nitrogens with one attached hydrogen (secondary N) is 1. The molecular weight excluding hydrogens is 304 g/mol. The molecule has 0 saturated heterocycles. The third-order valence-corrected chi connectivity index (χ3v) is 4.28. The summed E-state index contributed by atoms with van der Waals surface area (Å²) in [5.41, 5.74) is 0.966. The van der Waals surface area contributed by atoms with Gasteiger partial charge < -0.3 is 15.0 Å². The summed E-state index contributed by atoms with van der Waals surface area (Å²) in [4.78, 5) is 25.7. The SMILES string of the molecule is CCCC(CCNC(=O)OCc1ccccc1)N(C(C)=O)C1CC1. The van der Waals surface area contributed by atoms with Crippen molar-refractivity contribution < 1.29 is 14.3 Å². The summed E-state index contributed by atoms with van der Waals surface area (Å²) in [7, 11) is 0. The minimum Gasteiger partial charge on any atom is -0.445 e. The van der Waals surface area contributed by atoms with E-state index < -0.39 is 6.09 Å². The molecule has 2 amide bonds. The third kappa shape index (κ3) is 5.87. The lowest BCUT2D eigenvalue weighted by atomic mass is 10.1. The van der Waals surface area contributed by atoms with Crippen LogP contribution in [0.2, 0.25) is 0 Å². The van der Waals surface area contributed by atoms with Crippen molar-refractivity contribution in [3.05, 3.63) is 35.9 Å². The van der Waals surface area contributed by atoms with Crippen LogP contribution in [-0.4, -0.2) is 35.5 Å². The fourth-order valence-electron chi connectivity index (χ4n) is 3.04. The van der Waals surface area contributed by atoms with Crippen molar-refractivity contribution in [2.75, 3.05) is 6.54 Å². The highest BCUT2D eigenvalue weighted by atomic mass is 16.5. The van der Waals surface area contributed by atoms with Gasteiger partial charge in [-0.1, -0.05) is 43.7 Å². The van der Waals surface area contributed by atoms with Crippen LogP contribution in [0.4, 0.5) is 4.79 Å². The Kier molecular flexibility index (Phi) is 7.09. The van der Waals surface area contributed by atoms with Crippen LogP contribution in [0.15, 0.2) is 30.3 Å². The molecule has 1 aliphatic rings. The minimum absolute atomic E-state index is 0.141. The summed E-state index contributed by atoms with van der Waals surface area (Å²) in [6.07, 6.45) is 4.56. The number of ether oxygens (including phenoxy) is 1. The summed E-state index contributed by atoms with van der Waals surface area (Å²) in [5.74, 6) is 0.141. The van der Waals surface area contributed by atoms with Gasteiger partial charge in [0.15, 0.2) is 0 Å². The second kappa shape index (κ2) is 9.30. The third-order valence-electron chi connectivity index (χ3n) is 4.28. The zero-order valence-corrected chi connectivity index (χ0v) is 14.7. The molecule has 2 rings (SSSR count). The van der Waals surface area contributed by atoms with E-state index in [-0.39, 0.29) is 18.6 Å². The second-order valence-corrected chi connectivity index (χ2v) is 6.38. The number of hydrogen-bond acceptors (Lipinski definition) is 3. The van der Waals surface area contributed by atoms with Crippen molar-refractivity contribution in [1.29, 1.82) is 0 Å². The maximum absolute atomic E-state index is 11.9. The first-order valence-corrected chi connectivity index (χ1v) is 8.85. The fourth-order valence-corrected chi connectivity index (χ4v) is 3.04. The predicted octanol–water partition coefficient (Wildman–Crippen LogP) is 3.48. The van der Waals surface area contributed by atoms with Crippen LogP contribution in [0.1, 0.15) is 51.5 Å². The predicted molar refractivity (Wildman–Crippen MR) is 93.5 cm³/mol. The fraction of sp³-hybridized carbons (Fsp3) is 0.579. The Hall–Kier alpha value is -2.04. The molecular formula is C19H28N2O3. The first-order valence-electron chi connectivity index (χ1n) is 8.85. The van der Waals surface area contributed by atoms with Gasteiger partial charge in [0.25, 0.3) is 0 Å². The molecule has 1 atom stereocenters. The van der Waals surface area contributed by atoms with E-state index in [0.717, 1.165) is 37.7 Å². The van der Waals surface area contributed by atoms with Gasteiger partial charge in [-0.05, 0) is 31.2 Å². The van der Waals surface area contributed by atoms with E-state index in [1.165, 1.54) is 0 Å². The minimum atomic E-state index is -0.408. The van der Waals surface area contributed by atoms with Gasteiger partial charge in [0.05, 0.1) is 0 Å². The lowest BCUT2D eigenvalue weighted by Gasteiger charge is -2.31. The largest absolute Gasteiger partial charge is 0.445 e. The first kappa shape index (κ1) is 18.3. The summed E-state index contributed by atoms with van der Waals surface area (Å²) < 4.78 is 5.21. The zero-order chi connectivity index (χ0) is 17.4. The van der Waals surface area contributed by atoms with Gasteiger partial charge >= 0.3 is 6.09 Å². The van der Waals surface area contributed by atoms with Crippen LogP contribution in [0.3, 0.4) is 0 Å². The normalized spacial score (nSPS) is 14.8. The van der Waals surface area contributed by atoms with Crippen LogP contribution >= 0.6 is 0 Å². The molecule has 0 heterocycles. The van der Waals surface area contributed by atoms with Crippen molar-refractivity contribution in [2.45, 2.75) is 64.6 Å². The molecule has 1 saturated carbocycles. The Balaban J connectivity index is 1.73. The average molecular weight is 332 g/mol. The Labute approximate surface area is 144 Å². The van der Waals surface area contributed by atoms with Gasteiger partial charge in [0.1, 0.15) is 6.61 Å². The number of amides is 2. The summed E-state index contributed by atoms with van der Waals surface area (Å²) in [6, 6.07) is 10.2. The summed E-state index contributed by atoms with van der Waals surface area (Å²) in [5, 5.41) is 2.80. The van der Waals surface area contributed by atoms with Crippen molar-refractivity contribution in [2.24, 2.45) is 0 Å². The molecule has 1 aromatic carbocycles. The van der Waals surface area contributed by atoms with E-state index in [1.807, 2.05) is 35.2 Å². The highest BCUT2D eigenvalue weighted by Crippen LogP contribution is 2.30. The number of rotatable bonds is 9. The number of hydrogen-bond donors (Lipinski definition) is 1. The van der Waals surface area contributed by atoms with Crippen molar-refractivity contribution in [3.63, 3.8) is 0 Å². The van der Waals surface area contributed by atoms with Crippen LogP contribution in [0, 0.1) is 0 Å². The molecule has 1 N–H and O–H groups in total. The van der Waals surface area contributed by atoms with Gasteiger partial charge in [-0.15, -0.1) is 0 Å². The molecule has 5 heteroatoms. The molecule has 1 unspecified atom stereocenters. The molecule has 0 radical (unpaired) electrons. The molecule has 1 aliphatic carbocycles. The quantitative estimate of drug-likeness (QED) is 0.753. The molecule has 0 aliphatic heterocycles. The molecule has 0 spiro atoms. The van der Waals surface area contributed by atoms with E-state index in [9.17, 15) is 9.59 Å². The highest BCUT2D eigenvalue weighted by Gasteiger charge is 2.35. The van der Waals surface area contributed by atoms with Gasteiger partial charge in [0, 0.05) is 25.6 Å². The van der Waals surface area contributed by atoms with Crippen molar-refractivity contribution in [1.82, 2.24) is 10.2 Å². The van der Waals surface area contributed by atoms with E-state index >= 15 is 0 Å². The summed E-state index contributed by atoms with van der Waals surface area (Å²) >= 11 is 0. The van der Waals surface area contributed by atoms with E-state index in [4.69, 9.17) is 4.74 Å². The number of benzene rings is 1. The second-order valence-electron chi connectivity index (χ2n) is 6.38. The van der Waals surface area contributed by atoms with E-state index in [1.54, 1.807) is 6.92 Å². The van der Waals surface area contributed by atoms with E-state index in [2.05, 4.69) is 12.2 Å². The average Bonchev–Trinajstić information content (AvgIpc) is 3.38. The maximum Gasteiger partial charge on any atom is 0.407 e. The standard InChI is InChI=1S/C19H28N2O3/c1-3-7-17(21(15(2)22)18-10-11-18)12-13-20-19(23)24-14-16-8-5-4-6-9-16/h4-6,8-9,17-18H,3,7,10-14H2,1-2H3,(H,20,23). The van der Waals surface area contributed by atoms with Crippen LogP contribution < -0.4 is 5.32 Å². The molecule has 0 bridgehead atoms. The number of alkyl carbamates (subject to hydrolysis) is 1. The zero-order valence-electron chi connectivity index (χ0n) is 14.7. The Bertz CT molecular complexity index is 529. The van der Waals surface area contributed by atoms with Gasteiger partial charge in [-0.25, -0.2) is 4.79 Å². The Morgan fingerprint density at radius 1 is 1.25 bits per heavy atom. The van der Waals surface area contributed by atoms with Gasteiger partial charge in [-0.3, -0.25) is 4.79 Å². The molecule has 24 heavy (non-hydrogen) atoms. The lowest BCUT2D eigenvalue weighted by molar-refractivity contribution is -0.132. The smallest absolute Gasteiger partial charge is 0.407 e. The topological polar surface area (TPSA) is 58.6 Å². The summed E-state index contributed by atoms with van der Waals surface area (Å²) in [6.45, 7) is 4.56. The lowest BCUT2D eigenvalue weighted by Crippen LogP contribution is -2.42. The monoisotopic (exact) mass is 332 g/mol. The molecule has 5 nitrogen and oxygen atoms in total. The molecule has 132 valence electrons.